The van der Waals surface area contributed by atoms with Crippen molar-refractivity contribution in [3.05, 3.63) is 51.8 Å². The Kier molecular flexibility index (Phi) is 4.92. The Morgan fingerprint density at radius 1 is 1.38 bits per heavy atom. The first-order valence-corrected chi connectivity index (χ1v) is 8.65. The van der Waals surface area contributed by atoms with E-state index >= 15 is 0 Å². The van der Waals surface area contributed by atoms with Crippen molar-refractivity contribution in [3.63, 3.8) is 0 Å². The van der Waals surface area contributed by atoms with Crippen LogP contribution in [0.2, 0.25) is 5.02 Å². The number of nitrogens with zero attached hydrogens (tertiary/aromatic N) is 3. The molecule has 128 valence electrons. The molecular weight excluding hydrogens is 324 g/mol. The molecule has 0 bridgehead atoms. The summed E-state index contributed by atoms with van der Waals surface area (Å²) < 4.78 is 1.86. The number of hydrogen-bond acceptors (Lipinski definition) is 3. The zero-order chi connectivity index (χ0) is 17.3. The van der Waals surface area contributed by atoms with Crippen LogP contribution in [0.15, 0.2) is 24.3 Å². The minimum Gasteiger partial charge on any atom is -0.338 e. The van der Waals surface area contributed by atoms with E-state index in [1.54, 1.807) is 0 Å². The Bertz CT molecular complexity index is 755. The summed E-state index contributed by atoms with van der Waals surface area (Å²) in [6.07, 6.45) is 0.980. The van der Waals surface area contributed by atoms with Gasteiger partial charge in [0.2, 0.25) is 0 Å². The summed E-state index contributed by atoms with van der Waals surface area (Å²) in [7, 11) is 0. The number of halogens is 1. The highest BCUT2D eigenvalue weighted by Gasteiger charge is 2.29. The van der Waals surface area contributed by atoms with Gasteiger partial charge in [0.15, 0.2) is 0 Å². The van der Waals surface area contributed by atoms with Crippen LogP contribution in [0, 0.1) is 19.8 Å². The lowest BCUT2D eigenvalue weighted by atomic mass is 10.1. The molecular formula is C18H23ClN4O. The molecule has 24 heavy (non-hydrogen) atoms. The van der Waals surface area contributed by atoms with Crippen LogP contribution < -0.4 is 5.73 Å². The van der Waals surface area contributed by atoms with Crippen molar-refractivity contribution >= 4 is 17.5 Å². The number of carbonyl (C=O) groups excluding carboxylic acids is 1. The molecule has 0 aliphatic carbocycles. The topological polar surface area (TPSA) is 64.2 Å². The summed E-state index contributed by atoms with van der Waals surface area (Å²) in [6.45, 7) is 6.54. The van der Waals surface area contributed by atoms with Crippen LogP contribution in [0.25, 0.3) is 0 Å². The second kappa shape index (κ2) is 6.95. The standard InChI is InChI=1S/C18H23ClN4O/c1-12-17(18(24)22-8-7-14(9-20)10-22)13(2)23(21-12)11-15-5-3-4-6-16(15)19/h3-6,14H,7-11,20H2,1-2H3. The van der Waals surface area contributed by atoms with Crippen LogP contribution >= 0.6 is 11.6 Å². The first kappa shape index (κ1) is 17.0. The zero-order valence-corrected chi connectivity index (χ0v) is 14.9. The van der Waals surface area contributed by atoms with Crippen LogP contribution in [0.5, 0.6) is 0 Å². The second-order valence-corrected chi connectivity index (χ2v) is 6.84. The Morgan fingerprint density at radius 3 is 2.79 bits per heavy atom. The van der Waals surface area contributed by atoms with Gasteiger partial charge in [-0.1, -0.05) is 29.8 Å². The van der Waals surface area contributed by atoms with Gasteiger partial charge in [-0.05, 0) is 44.4 Å². The van der Waals surface area contributed by atoms with Crippen LogP contribution in [0.3, 0.4) is 0 Å². The van der Waals surface area contributed by atoms with Gasteiger partial charge in [0.1, 0.15) is 0 Å². The number of aryl methyl sites for hydroxylation is 1. The van der Waals surface area contributed by atoms with E-state index in [2.05, 4.69) is 5.10 Å². The van der Waals surface area contributed by atoms with Crippen molar-refractivity contribution in [1.82, 2.24) is 14.7 Å². The highest BCUT2D eigenvalue weighted by atomic mass is 35.5. The summed E-state index contributed by atoms with van der Waals surface area (Å²) in [5.74, 6) is 0.471. The molecule has 0 spiro atoms. The lowest BCUT2D eigenvalue weighted by Gasteiger charge is -2.16. The van der Waals surface area contributed by atoms with E-state index in [0.717, 1.165) is 36.5 Å². The molecule has 2 heterocycles. The molecule has 1 aromatic heterocycles. The largest absolute Gasteiger partial charge is 0.338 e. The molecule has 1 aromatic carbocycles. The van der Waals surface area contributed by atoms with Gasteiger partial charge in [-0.2, -0.15) is 5.10 Å². The molecule has 0 saturated carbocycles. The van der Waals surface area contributed by atoms with Crippen molar-refractivity contribution in [2.45, 2.75) is 26.8 Å². The van der Waals surface area contributed by atoms with Gasteiger partial charge >= 0.3 is 0 Å². The number of carbonyl (C=O) groups is 1. The average Bonchev–Trinajstić information content (AvgIpc) is 3.14. The number of nitrogens with two attached hydrogens (primary N) is 1. The van der Waals surface area contributed by atoms with Gasteiger partial charge in [-0.15, -0.1) is 0 Å². The SMILES string of the molecule is Cc1nn(Cc2ccccc2Cl)c(C)c1C(=O)N1CCC(CN)C1. The molecule has 1 saturated heterocycles. The van der Waals surface area contributed by atoms with Crippen LogP contribution in [-0.4, -0.2) is 40.2 Å². The minimum atomic E-state index is 0.0614. The summed E-state index contributed by atoms with van der Waals surface area (Å²) in [6, 6.07) is 7.71. The third kappa shape index (κ3) is 3.19. The van der Waals surface area contributed by atoms with Crippen LogP contribution in [-0.2, 0) is 6.54 Å². The molecule has 2 N–H and O–H groups in total. The number of rotatable bonds is 4. The van der Waals surface area contributed by atoms with E-state index in [0.29, 0.717) is 29.6 Å². The molecule has 0 radical (unpaired) electrons. The van der Waals surface area contributed by atoms with Crippen LogP contribution in [0.4, 0.5) is 0 Å². The highest BCUT2D eigenvalue weighted by molar-refractivity contribution is 6.31. The van der Waals surface area contributed by atoms with Gasteiger partial charge in [0.05, 0.1) is 17.8 Å². The summed E-state index contributed by atoms with van der Waals surface area (Å²) >= 11 is 6.24. The Balaban J connectivity index is 1.84. The maximum Gasteiger partial charge on any atom is 0.257 e. The van der Waals surface area contributed by atoms with Gasteiger partial charge in [-0.25, -0.2) is 0 Å². The fraction of sp³-hybridized carbons (Fsp3) is 0.444. The fourth-order valence-electron chi connectivity index (χ4n) is 3.32. The quantitative estimate of drug-likeness (QED) is 0.925. The molecule has 2 aromatic rings. The molecule has 1 aliphatic heterocycles. The number of likely N-dealkylation sites (tertiary alicyclic amines) is 1. The van der Waals surface area contributed by atoms with E-state index in [4.69, 9.17) is 17.3 Å². The van der Waals surface area contributed by atoms with Crippen molar-refractivity contribution < 1.29 is 4.79 Å². The number of hydrogen-bond donors (Lipinski definition) is 1. The fourth-order valence-corrected chi connectivity index (χ4v) is 3.51. The summed E-state index contributed by atoms with van der Waals surface area (Å²) in [5.41, 5.74) is 9.08. The molecule has 1 fully saturated rings. The molecule has 1 atom stereocenters. The molecule has 3 rings (SSSR count). The number of amides is 1. The predicted octanol–water partition coefficient (Wildman–Crippen LogP) is 2.62. The molecule has 1 unspecified atom stereocenters. The zero-order valence-electron chi connectivity index (χ0n) is 14.1. The maximum absolute atomic E-state index is 12.9. The number of aromatic nitrogens is 2. The van der Waals surface area contributed by atoms with Crippen LogP contribution in [0.1, 0.15) is 33.7 Å². The van der Waals surface area contributed by atoms with Crippen molar-refractivity contribution in [3.8, 4) is 0 Å². The number of benzene rings is 1. The Labute approximate surface area is 147 Å². The van der Waals surface area contributed by atoms with E-state index in [9.17, 15) is 4.79 Å². The van der Waals surface area contributed by atoms with Gasteiger partial charge < -0.3 is 10.6 Å². The minimum absolute atomic E-state index is 0.0614. The predicted molar refractivity (Wildman–Crippen MR) is 95.3 cm³/mol. The first-order chi connectivity index (χ1) is 11.5. The van der Waals surface area contributed by atoms with Gasteiger partial charge in [0, 0.05) is 23.8 Å². The van der Waals surface area contributed by atoms with Crippen molar-refractivity contribution in [2.75, 3.05) is 19.6 Å². The van der Waals surface area contributed by atoms with Gasteiger partial charge in [0.25, 0.3) is 5.91 Å². The average molecular weight is 347 g/mol. The van der Waals surface area contributed by atoms with Gasteiger partial charge in [-0.3, -0.25) is 9.48 Å². The summed E-state index contributed by atoms with van der Waals surface area (Å²) in [4.78, 5) is 14.8. The van der Waals surface area contributed by atoms with Crippen molar-refractivity contribution in [2.24, 2.45) is 11.7 Å². The molecule has 6 heteroatoms. The first-order valence-electron chi connectivity index (χ1n) is 8.28. The third-order valence-electron chi connectivity index (χ3n) is 4.78. The van der Waals surface area contributed by atoms with E-state index in [-0.39, 0.29) is 5.91 Å². The lowest BCUT2D eigenvalue weighted by Crippen LogP contribution is -2.30. The Hall–Kier alpha value is -1.85. The highest BCUT2D eigenvalue weighted by Crippen LogP contribution is 2.23. The smallest absolute Gasteiger partial charge is 0.257 e. The van der Waals surface area contributed by atoms with Crippen molar-refractivity contribution in [1.29, 1.82) is 0 Å². The Morgan fingerprint density at radius 2 is 2.12 bits per heavy atom. The van der Waals surface area contributed by atoms with E-state index in [1.807, 2.05) is 47.7 Å². The monoisotopic (exact) mass is 346 g/mol. The summed E-state index contributed by atoms with van der Waals surface area (Å²) in [5, 5.41) is 5.28. The maximum atomic E-state index is 12.9. The normalized spacial score (nSPS) is 17.5. The second-order valence-electron chi connectivity index (χ2n) is 6.44. The molecule has 1 amide bonds. The van der Waals surface area contributed by atoms with E-state index < -0.39 is 0 Å². The molecule has 5 nitrogen and oxygen atoms in total. The molecule has 1 aliphatic rings. The third-order valence-corrected chi connectivity index (χ3v) is 5.15. The lowest BCUT2D eigenvalue weighted by molar-refractivity contribution is 0.0786. The van der Waals surface area contributed by atoms with E-state index in [1.165, 1.54) is 0 Å².